The maximum absolute atomic E-state index is 5.09. The maximum atomic E-state index is 5.09. The lowest BCUT2D eigenvalue weighted by Crippen LogP contribution is -1.99. The zero-order valence-corrected chi connectivity index (χ0v) is 18.3. The van der Waals surface area contributed by atoms with E-state index in [-0.39, 0.29) is 0 Å². The number of hydrogen-bond donors (Lipinski definition) is 0. The Balaban J connectivity index is 1.72. The molecule has 0 fully saturated rings. The molecule has 0 aliphatic carbocycles. The lowest BCUT2D eigenvalue weighted by atomic mass is 9.94. The van der Waals surface area contributed by atoms with Gasteiger partial charge in [-0.1, -0.05) is 48.0 Å². The summed E-state index contributed by atoms with van der Waals surface area (Å²) in [5, 5.41) is 8.26. The molecule has 0 saturated heterocycles. The quantitative estimate of drug-likeness (QED) is 0.378. The molecule has 0 radical (unpaired) electrons. The normalized spacial score (nSPS) is 11.4. The molecule has 0 amide bonds. The van der Waals surface area contributed by atoms with E-state index < -0.39 is 0 Å². The highest BCUT2D eigenvalue weighted by molar-refractivity contribution is 5.89. The monoisotopic (exact) mass is 407 g/mol. The van der Waals surface area contributed by atoms with Crippen LogP contribution in [0.25, 0.3) is 44.9 Å². The minimum atomic E-state index is 0.838. The van der Waals surface area contributed by atoms with Crippen molar-refractivity contribution in [1.82, 2.24) is 24.3 Å². The third-order valence-corrected chi connectivity index (χ3v) is 5.87. The minimum Gasteiger partial charge on any atom is -0.324 e. The van der Waals surface area contributed by atoms with E-state index in [2.05, 4.69) is 96.2 Å². The topological polar surface area (TPSA) is 48.5 Å². The number of aromatic nitrogens is 5. The van der Waals surface area contributed by atoms with Crippen LogP contribution in [-0.4, -0.2) is 24.3 Å². The molecule has 0 saturated carbocycles. The summed E-state index contributed by atoms with van der Waals surface area (Å²) < 4.78 is 4.21. The van der Waals surface area contributed by atoms with Crippen molar-refractivity contribution in [3.8, 4) is 33.9 Å². The van der Waals surface area contributed by atoms with Gasteiger partial charge in [-0.15, -0.1) is 10.2 Å². The van der Waals surface area contributed by atoms with Crippen molar-refractivity contribution in [2.45, 2.75) is 27.3 Å². The van der Waals surface area contributed by atoms with Crippen LogP contribution in [0.1, 0.15) is 18.1 Å². The number of benzene rings is 3. The van der Waals surface area contributed by atoms with Crippen LogP contribution in [0.15, 0.2) is 67.0 Å². The van der Waals surface area contributed by atoms with Gasteiger partial charge in [0.25, 0.3) is 0 Å². The van der Waals surface area contributed by atoms with Gasteiger partial charge in [-0.2, -0.15) is 0 Å². The number of aryl methyl sites for hydroxylation is 4. The SMILES string of the molecule is CCn1c(-c2ccccc2-c2ccc(C)cc2C)nc2cc(-c3nncn3C)ccc21. The van der Waals surface area contributed by atoms with Crippen molar-refractivity contribution in [2.24, 2.45) is 7.05 Å². The molecule has 2 aromatic heterocycles. The summed E-state index contributed by atoms with van der Waals surface area (Å²) in [4.78, 5) is 5.09. The lowest BCUT2D eigenvalue weighted by Gasteiger charge is -2.14. The molecular weight excluding hydrogens is 382 g/mol. The molecule has 5 aromatic rings. The van der Waals surface area contributed by atoms with Crippen molar-refractivity contribution in [3.05, 3.63) is 78.1 Å². The van der Waals surface area contributed by atoms with E-state index in [1.54, 1.807) is 6.33 Å². The van der Waals surface area contributed by atoms with E-state index in [4.69, 9.17) is 4.98 Å². The van der Waals surface area contributed by atoms with Gasteiger partial charge in [0.15, 0.2) is 5.82 Å². The predicted molar refractivity (Wildman–Crippen MR) is 126 cm³/mol. The molecule has 0 spiro atoms. The molecule has 31 heavy (non-hydrogen) atoms. The van der Waals surface area contributed by atoms with Gasteiger partial charge >= 0.3 is 0 Å². The first kappa shape index (κ1) is 19.2. The fraction of sp³-hybridized carbons (Fsp3) is 0.192. The predicted octanol–water partition coefficient (Wildman–Crippen LogP) is 5.80. The molecule has 0 aliphatic heterocycles. The number of fused-ring (bicyclic) bond motifs is 1. The molecule has 2 heterocycles. The van der Waals surface area contributed by atoms with Crippen LogP contribution in [0.2, 0.25) is 0 Å². The Morgan fingerprint density at radius 1 is 0.839 bits per heavy atom. The van der Waals surface area contributed by atoms with Gasteiger partial charge in [0, 0.05) is 24.7 Å². The summed E-state index contributed by atoms with van der Waals surface area (Å²) in [6, 6.07) is 21.5. The van der Waals surface area contributed by atoms with Crippen molar-refractivity contribution < 1.29 is 0 Å². The fourth-order valence-corrected chi connectivity index (χ4v) is 4.37. The Kier molecular flexibility index (Phi) is 4.66. The van der Waals surface area contributed by atoms with E-state index in [0.717, 1.165) is 40.4 Å². The van der Waals surface area contributed by atoms with Gasteiger partial charge in [0.05, 0.1) is 11.0 Å². The molecule has 5 heteroatoms. The Hall–Kier alpha value is -3.73. The number of imidazole rings is 1. The van der Waals surface area contributed by atoms with E-state index in [0.29, 0.717) is 0 Å². The first-order chi connectivity index (χ1) is 15.1. The molecule has 5 nitrogen and oxygen atoms in total. The minimum absolute atomic E-state index is 0.838. The van der Waals surface area contributed by atoms with Gasteiger partial charge in [-0.25, -0.2) is 4.98 Å². The van der Waals surface area contributed by atoms with E-state index in [1.165, 1.54) is 22.3 Å². The highest BCUT2D eigenvalue weighted by Gasteiger charge is 2.17. The summed E-state index contributed by atoms with van der Waals surface area (Å²) in [7, 11) is 1.95. The molecule has 3 aromatic carbocycles. The van der Waals surface area contributed by atoms with Gasteiger partial charge in [-0.05, 0) is 55.7 Å². The molecule has 0 N–H and O–H groups in total. The second kappa shape index (κ2) is 7.51. The van der Waals surface area contributed by atoms with E-state index >= 15 is 0 Å². The Morgan fingerprint density at radius 3 is 2.35 bits per heavy atom. The summed E-state index contributed by atoms with van der Waals surface area (Å²) in [6.07, 6.45) is 1.72. The fourth-order valence-electron chi connectivity index (χ4n) is 4.37. The van der Waals surface area contributed by atoms with Crippen LogP contribution in [0, 0.1) is 13.8 Å². The van der Waals surface area contributed by atoms with Crippen LogP contribution >= 0.6 is 0 Å². The second-order valence-electron chi connectivity index (χ2n) is 8.01. The van der Waals surface area contributed by atoms with Crippen LogP contribution in [0.5, 0.6) is 0 Å². The molecule has 5 rings (SSSR count). The van der Waals surface area contributed by atoms with Crippen molar-refractivity contribution >= 4 is 11.0 Å². The van der Waals surface area contributed by atoms with Crippen LogP contribution in [0.3, 0.4) is 0 Å². The Bertz CT molecular complexity index is 1410. The largest absolute Gasteiger partial charge is 0.324 e. The number of rotatable bonds is 4. The van der Waals surface area contributed by atoms with E-state index in [1.807, 2.05) is 11.6 Å². The summed E-state index contributed by atoms with van der Waals surface area (Å²) in [6.45, 7) is 7.32. The first-order valence-electron chi connectivity index (χ1n) is 10.6. The van der Waals surface area contributed by atoms with Gasteiger partial charge in [-0.3, -0.25) is 0 Å². The highest BCUT2D eigenvalue weighted by Crippen LogP contribution is 2.36. The standard InChI is InChI=1S/C26H25N5/c1-5-31-24-13-11-19(25-29-27-16-30(25)4)15-23(24)28-26(31)22-9-7-6-8-21(22)20-12-10-17(2)14-18(20)3/h6-16H,5H2,1-4H3. The molecule has 0 unspecified atom stereocenters. The molecule has 154 valence electrons. The van der Waals surface area contributed by atoms with Crippen LogP contribution in [0.4, 0.5) is 0 Å². The molecule has 0 bridgehead atoms. The van der Waals surface area contributed by atoms with Crippen molar-refractivity contribution in [3.63, 3.8) is 0 Å². The van der Waals surface area contributed by atoms with Crippen LogP contribution < -0.4 is 0 Å². The third-order valence-electron chi connectivity index (χ3n) is 5.87. The van der Waals surface area contributed by atoms with Crippen molar-refractivity contribution in [1.29, 1.82) is 0 Å². The zero-order chi connectivity index (χ0) is 21.5. The maximum Gasteiger partial charge on any atom is 0.163 e. The van der Waals surface area contributed by atoms with Gasteiger partial charge < -0.3 is 9.13 Å². The average molecular weight is 408 g/mol. The Morgan fingerprint density at radius 2 is 1.65 bits per heavy atom. The number of nitrogens with zero attached hydrogens (tertiary/aromatic N) is 5. The zero-order valence-electron chi connectivity index (χ0n) is 18.3. The summed E-state index contributed by atoms with van der Waals surface area (Å²) in [5.41, 5.74) is 9.25. The van der Waals surface area contributed by atoms with E-state index in [9.17, 15) is 0 Å². The Labute approximate surface area is 182 Å². The first-order valence-corrected chi connectivity index (χ1v) is 10.6. The molecule has 0 aliphatic rings. The highest BCUT2D eigenvalue weighted by atomic mass is 15.2. The smallest absolute Gasteiger partial charge is 0.163 e. The number of hydrogen-bond acceptors (Lipinski definition) is 3. The molecule has 0 atom stereocenters. The van der Waals surface area contributed by atoms with Crippen molar-refractivity contribution in [2.75, 3.05) is 0 Å². The summed E-state index contributed by atoms with van der Waals surface area (Å²) >= 11 is 0. The summed E-state index contributed by atoms with van der Waals surface area (Å²) in [5.74, 6) is 1.83. The lowest BCUT2D eigenvalue weighted by molar-refractivity contribution is 0.796. The third kappa shape index (κ3) is 3.22. The van der Waals surface area contributed by atoms with Crippen LogP contribution in [-0.2, 0) is 13.6 Å². The average Bonchev–Trinajstić information content (AvgIpc) is 3.36. The molecular formula is C26H25N5. The van der Waals surface area contributed by atoms with Gasteiger partial charge in [0.1, 0.15) is 12.2 Å². The van der Waals surface area contributed by atoms with Gasteiger partial charge in [0.2, 0.25) is 0 Å². The second-order valence-corrected chi connectivity index (χ2v) is 8.01.